The van der Waals surface area contributed by atoms with E-state index >= 15 is 0 Å². The summed E-state index contributed by atoms with van der Waals surface area (Å²) in [5.74, 6) is 1.54. The van der Waals surface area contributed by atoms with Crippen LogP contribution in [-0.2, 0) is 11.2 Å². The second-order valence-corrected chi connectivity index (χ2v) is 9.98. The van der Waals surface area contributed by atoms with Crippen LogP contribution in [0.15, 0.2) is 59.5 Å². The molecule has 3 heterocycles. The smallest absolute Gasteiger partial charge is 0.347 e. The van der Waals surface area contributed by atoms with E-state index in [1.807, 2.05) is 35.4 Å². The molecule has 2 N–H and O–H groups in total. The van der Waals surface area contributed by atoms with Crippen molar-refractivity contribution in [3.63, 3.8) is 0 Å². The van der Waals surface area contributed by atoms with Gasteiger partial charge in [0.25, 0.3) is 0 Å². The average Bonchev–Trinajstić information content (AvgIpc) is 3.45. The predicted molar refractivity (Wildman–Crippen MR) is 131 cm³/mol. The SMILES string of the molecule is O=C(C1CC1)N1CC(Cc2n[nH]c(=O)n2-c2ccc(-c3ccc4cc[nH]c4c3)cc2)C1I. The fraction of sp³-hybridized carbons (Fsp3) is 0.292. The fourth-order valence-electron chi connectivity index (χ4n) is 4.49. The van der Waals surface area contributed by atoms with Crippen molar-refractivity contribution in [2.75, 3.05) is 6.54 Å². The Morgan fingerprint density at radius 3 is 2.62 bits per heavy atom. The number of aromatic nitrogens is 4. The predicted octanol–water partition coefficient (Wildman–Crippen LogP) is 3.88. The van der Waals surface area contributed by atoms with Gasteiger partial charge in [-0.3, -0.25) is 4.79 Å². The normalized spacial score (nSPS) is 20.5. The Hall–Kier alpha value is -2.88. The summed E-state index contributed by atoms with van der Waals surface area (Å²) >= 11 is 2.35. The van der Waals surface area contributed by atoms with E-state index in [4.69, 9.17) is 0 Å². The number of H-pyrrole nitrogens is 2. The van der Waals surface area contributed by atoms with Crippen molar-refractivity contribution < 1.29 is 4.79 Å². The van der Waals surface area contributed by atoms with Gasteiger partial charge in [0.05, 0.1) is 9.74 Å². The largest absolute Gasteiger partial charge is 0.361 e. The van der Waals surface area contributed by atoms with Crippen LogP contribution >= 0.6 is 22.6 Å². The first-order valence-electron chi connectivity index (χ1n) is 10.9. The lowest BCUT2D eigenvalue weighted by molar-refractivity contribution is -0.139. The highest BCUT2D eigenvalue weighted by molar-refractivity contribution is 14.1. The number of alkyl halides is 1. The molecule has 162 valence electrons. The third kappa shape index (κ3) is 3.37. The number of carbonyl (C=O) groups excluding carboxylic acids is 1. The molecule has 8 heteroatoms. The second kappa shape index (κ2) is 7.61. The van der Waals surface area contributed by atoms with Crippen molar-refractivity contribution in [3.05, 3.63) is 71.0 Å². The monoisotopic (exact) mass is 539 g/mol. The molecule has 7 nitrogen and oxygen atoms in total. The van der Waals surface area contributed by atoms with E-state index in [0.717, 1.165) is 41.7 Å². The molecule has 2 atom stereocenters. The van der Waals surface area contributed by atoms with E-state index in [1.54, 1.807) is 4.57 Å². The lowest BCUT2D eigenvalue weighted by Crippen LogP contribution is -2.56. The van der Waals surface area contributed by atoms with Crippen molar-refractivity contribution >= 4 is 39.4 Å². The summed E-state index contributed by atoms with van der Waals surface area (Å²) in [6.45, 7) is 0.740. The molecule has 2 fully saturated rings. The fourth-order valence-corrected chi connectivity index (χ4v) is 5.48. The topological polar surface area (TPSA) is 86.8 Å². The highest BCUT2D eigenvalue weighted by atomic mass is 127. The molecule has 4 aromatic rings. The summed E-state index contributed by atoms with van der Waals surface area (Å²) < 4.78 is 1.80. The van der Waals surface area contributed by atoms with E-state index in [-0.39, 0.29) is 21.6 Å². The van der Waals surface area contributed by atoms with Crippen molar-refractivity contribution in [1.82, 2.24) is 24.6 Å². The summed E-state index contributed by atoms with van der Waals surface area (Å²) in [5, 5.41) is 8.07. The Morgan fingerprint density at radius 1 is 1.09 bits per heavy atom. The zero-order valence-electron chi connectivity index (χ0n) is 17.3. The first-order valence-corrected chi connectivity index (χ1v) is 12.1. The van der Waals surface area contributed by atoms with E-state index in [2.05, 4.69) is 62.0 Å². The second-order valence-electron chi connectivity index (χ2n) is 8.71. The number of halogens is 1. The van der Waals surface area contributed by atoms with Crippen molar-refractivity contribution in [2.45, 2.75) is 23.3 Å². The summed E-state index contributed by atoms with van der Waals surface area (Å²) in [5.41, 5.74) is 3.86. The van der Waals surface area contributed by atoms with E-state index in [9.17, 15) is 9.59 Å². The van der Waals surface area contributed by atoms with Crippen LogP contribution in [0.1, 0.15) is 18.7 Å². The first-order chi connectivity index (χ1) is 15.6. The molecule has 1 aliphatic carbocycles. The molecule has 2 aromatic carbocycles. The van der Waals surface area contributed by atoms with Crippen molar-refractivity contribution in [1.29, 1.82) is 0 Å². The molecule has 2 aromatic heterocycles. The molecule has 6 rings (SSSR count). The molecule has 1 amide bonds. The van der Waals surface area contributed by atoms with Crippen LogP contribution in [0.5, 0.6) is 0 Å². The van der Waals surface area contributed by atoms with Gasteiger partial charge in [0, 0.05) is 36.5 Å². The number of likely N-dealkylation sites (tertiary alicyclic amines) is 1. The van der Waals surface area contributed by atoms with Crippen LogP contribution in [0.3, 0.4) is 0 Å². The van der Waals surface area contributed by atoms with Crippen molar-refractivity contribution in [3.8, 4) is 16.8 Å². The molecule has 0 radical (unpaired) electrons. The van der Waals surface area contributed by atoms with E-state index < -0.39 is 0 Å². The summed E-state index contributed by atoms with van der Waals surface area (Å²) in [4.78, 5) is 30.1. The molecule has 1 aliphatic heterocycles. The number of hydrogen-bond donors (Lipinski definition) is 2. The van der Waals surface area contributed by atoms with Gasteiger partial charge in [-0.25, -0.2) is 14.5 Å². The maximum absolute atomic E-state index is 12.5. The van der Waals surface area contributed by atoms with Gasteiger partial charge < -0.3 is 9.88 Å². The highest BCUT2D eigenvalue weighted by Gasteiger charge is 2.45. The number of carbonyl (C=O) groups is 1. The maximum atomic E-state index is 12.5. The van der Waals surface area contributed by atoms with Gasteiger partial charge in [0.15, 0.2) is 0 Å². The Morgan fingerprint density at radius 2 is 1.88 bits per heavy atom. The Bertz CT molecular complexity index is 1370. The number of nitrogens with one attached hydrogen (secondary N) is 2. The molecule has 2 aliphatic rings. The molecule has 32 heavy (non-hydrogen) atoms. The van der Waals surface area contributed by atoms with Crippen LogP contribution in [0.2, 0.25) is 0 Å². The van der Waals surface area contributed by atoms with Gasteiger partial charge in [-0.2, -0.15) is 5.10 Å². The minimum atomic E-state index is -0.240. The third-order valence-electron chi connectivity index (χ3n) is 6.53. The lowest BCUT2D eigenvalue weighted by Gasteiger charge is -2.45. The minimum absolute atomic E-state index is 0.159. The first kappa shape index (κ1) is 19.8. The van der Waals surface area contributed by atoms with Crippen LogP contribution in [-0.4, -0.2) is 41.1 Å². The number of benzene rings is 2. The third-order valence-corrected chi connectivity index (χ3v) is 8.22. The summed E-state index contributed by atoms with van der Waals surface area (Å²) in [6.07, 6.45) is 4.65. The van der Waals surface area contributed by atoms with Crippen LogP contribution in [0.25, 0.3) is 27.7 Å². The van der Waals surface area contributed by atoms with Crippen LogP contribution in [0, 0.1) is 11.8 Å². The molecule has 0 bridgehead atoms. The number of hydrogen-bond acceptors (Lipinski definition) is 3. The molecule has 1 saturated carbocycles. The molecule has 2 unspecified atom stereocenters. The van der Waals surface area contributed by atoms with Crippen molar-refractivity contribution in [2.24, 2.45) is 11.8 Å². The number of fused-ring (bicyclic) bond motifs is 1. The maximum Gasteiger partial charge on any atom is 0.347 e. The quantitative estimate of drug-likeness (QED) is 0.229. The summed E-state index contributed by atoms with van der Waals surface area (Å²) in [7, 11) is 0. The van der Waals surface area contributed by atoms with Gasteiger partial charge >= 0.3 is 5.69 Å². The number of rotatable bonds is 5. The molecular weight excluding hydrogens is 517 g/mol. The Kier molecular flexibility index (Phi) is 4.71. The van der Waals surface area contributed by atoms with Crippen LogP contribution in [0.4, 0.5) is 0 Å². The van der Waals surface area contributed by atoms with Crippen LogP contribution < -0.4 is 5.69 Å². The standard InChI is InChI=1S/C24H22IN5O2/c25-22-18(13-29(22)23(31)16-2-3-16)12-21-27-28-24(32)30(21)19-7-5-14(6-8-19)17-4-1-15-9-10-26-20(15)11-17/h1,4-11,16,18,22,26H,2-3,12-13H2,(H,28,32). The van der Waals surface area contributed by atoms with Gasteiger partial charge in [0.2, 0.25) is 5.91 Å². The lowest BCUT2D eigenvalue weighted by atomic mass is 9.95. The molecular formula is C24H22IN5O2. The highest BCUT2D eigenvalue weighted by Crippen LogP contribution is 2.39. The number of amides is 1. The average molecular weight is 539 g/mol. The molecule has 0 spiro atoms. The molecule has 1 saturated heterocycles. The van der Waals surface area contributed by atoms with Gasteiger partial charge in [-0.05, 0) is 53.6 Å². The summed E-state index contributed by atoms with van der Waals surface area (Å²) in [6, 6.07) is 16.4. The zero-order valence-corrected chi connectivity index (χ0v) is 19.5. The van der Waals surface area contributed by atoms with E-state index in [1.165, 1.54) is 5.39 Å². The Balaban J connectivity index is 1.22. The minimum Gasteiger partial charge on any atom is -0.361 e. The zero-order chi connectivity index (χ0) is 21.8. The van der Waals surface area contributed by atoms with Gasteiger partial charge in [-0.15, -0.1) is 0 Å². The number of aromatic amines is 2. The number of nitrogens with zero attached hydrogens (tertiary/aromatic N) is 3. The van der Waals surface area contributed by atoms with E-state index in [0.29, 0.717) is 18.2 Å². The Labute approximate surface area is 198 Å². The van der Waals surface area contributed by atoms with Gasteiger partial charge in [-0.1, -0.05) is 46.9 Å². The van der Waals surface area contributed by atoms with Gasteiger partial charge in [0.1, 0.15) is 5.82 Å².